The Labute approximate surface area is 151 Å². The third kappa shape index (κ3) is 4.36. The number of carbonyl (C=O) groups excluding carboxylic acids is 1. The van der Waals surface area contributed by atoms with E-state index in [1.165, 1.54) is 11.1 Å². The van der Waals surface area contributed by atoms with Crippen LogP contribution < -0.4 is 0 Å². The average Bonchev–Trinajstić information content (AvgIpc) is 2.66. The zero-order valence-corrected chi connectivity index (χ0v) is 15.2. The smallest absolute Gasteiger partial charge is 0.185 e. The lowest BCUT2D eigenvalue weighted by Crippen LogP contribution is -2.12. The van der Waals surface area contributed by atoms with Gasteiger partial charge in [-0.3, -0.25) is 4.79 Å². The predicted molar refractivity (Wildman–Crippen MR) is 106 cm³/mol. The molecule has 2 aromatic carbocycles. The minimum atomic E-state index is 0.213. The molecule has 0 unspecified atom stereocenters. The van der Waals surface area contributed by atoms with Crippen molar-refractivity contribution in [1.82, 2.24) is 0 Å². The molecule has 2 aromatic rings. The second kappa shape index (κ2) is 8.11. The van der Waals surface area contributed by atoms with E-state index in [-0.39, 0.29) is 5.78 Å². The van der Waals surface area contributed by atoms with E-state index < -0.39 is 0 Å². The maximum atomic E-state index is 12.8. The minimum absolute atomic E-state index is 0.213. The third-order valence-corrected chi connectivity index (χ3v) is 4.93. The van der Waals surface area contributed by atoms with E-state index >= 15 is 0 Å². The Balaban J connectivity index is 1.81. The molecule has 0 radical (unpaired) electrons. The van der Waals surface area contributed by atoms with E-state index in [2.05, 4.69) is 74.5 Å². The Hall–Kier alpha value is -2.41. The maximum Gasteiger partial charge on any atom is 0.185 e. The number of benzene rings is 2. The van der Waals surface area contributed by atoms with E-state index in [1.54, 1.807) is 0 Å². The number of rotatable bonds is 4. The van der Waals surface area contributed by atoms with Crippen molar-refractivity contribution in [3.05, 3.63) is 81.9 Å². The molecule has 0 heterocycles. The van der Waals surface area contributed by atoms with E-state index in [1.807, 2.05) is 0 Å². The van der Waals surface area contributed by atoms with Crippen molar-refractivity contribution in [2.24, 2.45) is 0 Å². The molecule has 0 saturated heterocycles. The minimum Gasteiger partial charge on any atom is -0.289 e. The molecule has 1 aliphatic carbocycles. The Kier molecular flexibility index (Phi) is 5.65. The van der Waals surface area contributed by atoms with Crippen molar-refractivity contribution < 1.29 is 4.79 Å². The first-order valence-corrected chi connectivity index (χ1v) is 9.33. The van der Waals surface area contributed by atoms with Crippen LogP contribution in [0.4, 0.5) is 0 Å². The number of hydrogen-bond donors (Lipinski definition) is 0. The van der Waals surface area contributed by atoms with Crippen LogP contribution >= 0.6 is 0 Å². The quantitative estimate of drug-likeness (QED) is 0.625. The van der Waals surface area contributed by atoms with E-state index in [4.69, 9.17) is 0 Å². The van der Waals surface area contributed by atoms with Gasteiger partial charge in [-0.15, -0.1) is 0 Å². The summed E-state index contributed by atoms with van der Waals surface area (Å²) in [6.45, 7) is 4.31. The lowest BCUT2D eigenvalue weighted by Gasteiger charge is -2.16. The van der Waals surface area contributed by atoms with Gasteiger partial charge in [-0.05, 0) is 66.5 Å². The highest BCUT2D eigenvalue weighted by Crippen LogP contribution is 2.28. The molecule has 0 aliphatic heterocycles. The molecule has 25 heavy (non-hydrogen) atoms. The first-order valence-electron chi connectivity index (χ1n) is 9.33. The molecule has 1 aliphatic rings. The first kappa shape index (κ1) is 17.4. The molecule has 3 rings (SSSR count). The monoisotopic (exact) mass is 330 g/mol. The van der Waals surface area contributed by atoms with Gasteiger partial charge in [-0.2, -0.15) is 0 Å². The van der Waals surface area contributed by atoms with Crippen LogP contribution in [-0.4, -0.2) is 5.78 Å². The number of carbonyl (C=O) groups is 1. The number of ketones is 1. The lowest BCUT2D eigenvalue weighted by atomic mass is 9.86. The highest BCUT2D eigenvalue weighted by atomic mass is 16.1. The van der Waals surface area contributed by atoms with Gasteiger partial charge in [0.05, 0.1) is 0 Å². The SMILES string of the molecule is CCc1ccc(/C=C2/CCC/C(=C/c3ccc(CC)cc3)C2=O)cc1. The van der Waals surface area contributed by atoms with Crippen molar-refractivity contribution in [1.29, 1.82) is 0 Å². The van der Waals surface area contributed by atoms with Crippen molar-refractivity contribution in [3.63, 3.8) is 0 Å². The molecule has 1 heteroatoms. The molecule has 1 nitrogen and oxygen atoms in total. The standard InChI is InChI=1S/C24H26O/c1-3-18-8-12-20(13-9-18)16-22-6-5-7-23(24(22)25)17-21-14-10-19(4-2)11-15-21/h8-17H,3-7H2,1-2H3/b22-16-,23-17-. The molecule has 128 valence electrons. The van der Waals surface area contributed by atoms with Crippen LogP contribution in [0.15, 0.2) is 59.7 Å². The van der Waals surface area contributed by atoms with Crippen molar-refractivity contribution in [2.45, 2.75) is 46.0 Å². The van der Waals surface area contributed by atoms with Crippen LogP contribution in [0.2, 0.25) is 0 Å². The second-order valence-electron chi connectivity index (χ2n) is 6.71. The van der Waals surface area contributed by atoms with Crippen molar-refractivity contribution in [2.75, 3.05) is 0 Å². The maximum absolute atomic E-state index is 12.8. The van der Waals surface area contributed by atoms with Crippen LogP contribution in [0.25, 0.3) is 12.2 Å². The summed E-state index contributed by atoms with van der Waals surface area (Å²) in [5, 5.41) is 0. The van der Waals surface area contributed by atoms with Crippen LogP contribution in [0.3, 0.4) is 0 Å². The van der Waals surface area contributed by atoms with E-state index in [0.717, 1.165) is 54.4 Å². The molecule has 0 spiro atoms. The summed E-state index contributed by atoms with van der Waals surface area (Å²) in [6, 6.07) is 17.0. The fourth-order valence-corrected chi connectivity index (χ4v) is 3.28. The zero-order chi connectivity index (χ0) is 17.6. The van der Waals surface area contributed by atoms with Gasteiger partial charge in [-0.1, -0.05) is 62.4 Å². The van der Waals surface area contributed by atoms with Gasteiger partial charge < -0.3 is 0 Å². The predicted octanol–water partition coefficient (Wildman–Crippen LogP) is 6.03. The van der Waals surface area contributed by atoms with Gasteiger partial charge >= 0.3 is 0 Å². The Morgan fingerprint density at radius 1 is 0.720 bits per heavy atom. The molecular weight excluding hydrogens is 304 g/mol. The Bertz CT molecular complexity index is 721. The number of aryl methyl sites for hydroxylation is 2. The highest BCUT2D eigenvalue weighted by molar-refractivity contribution is 6.13. The molecular formula is C24H26O. The van der Waals surface area contributed by atoms with E-state index in [9.17, 15) is 4.79 Å². The van der Waals surface area contributed by atoms with Crippen LogP contribution in [0.5, 0.6) is 0 Å². The summed E-state index contributed by atoms with van der Waals surface area (Å²) in [7, 11) is 0. The summed E-state index contributed by atoms with van der Waals surface area (Å²) in [5.41, 5.74) is 6.77. The number of allylic oxidation sites excluding steroid dienone is 2. The van der Waals surface area contributed by atoms with Gasteiger partial charge in [0.25, 0.3) is 0 Å². The van der Waals surface area contributed by atoms with Gasteiger partial charge in [0, 0.05) is 11.1 Å². The highest BCUT2D eigenvalue weighted by Gasteiger charge is 2.20. The molecule has 0 aromatic heterocycles. The number of hydrogen-bond acceptors (Lipinski definition) is 1. The normalized spacial score (nSPS) is 18.1. The van der Waals surface area contributed by atoms with Crippen molar-refractivity contribution >= 4 is 17.9 Å². The van der Waals surface area contributed by atoms with E-state index in [0.29, 0.717) is 0 Å². The van der Waals surface area contributed by atoms with Gasteiger partial charge in [0.2, 0.25) is 0 Å². The lowest BCUT2D eigenvalue weighted by molar-refractivity contribution is -0.112. The summed E-state index contributed by atoms with van der Waals surface area (Å²) in [5.74, 6) is 0.213. The Morgan fingerprint density at radius 2 is 1.12 bits per heavy atom. The summed E-state index contributed by atoms with van der Waals surface area (Å²) < 4.78 is 0. The van der Waals surface area contributed by atoms with Gasteiger partial charge in [-0.25, -0.2) is 0 Å². The number of Topliss-reactive ketones (excluding diaryl/α,β-unsaturated/α-hetero) is 1. The second-order valence-corrected chi connectivity index (χ2v) is 6.71. The summed E-state index contributed by atoms with van der Waals surface area (Å²) in [6.07, 6.45) is 9.01. The molecule has 0 atom stereocenters. The molecule has 0 N–H and O–H groups in total. The largest absolute Gasteiger partial charge is 0.289 e. The molecule has 1 saturated carbocycles. The fourth-order valence-electron chi connectivity index (χ4n) is 3.28. The molecule has 1 fully saturated rings. The summed E-state index contributed by atoms with van der Waals surface area (Å²) in [4.78, 5) is 12.8. The topological polar surface area (TPSA) is 17.1 Å². The van der Waals surface area contributed by atoms with Crippen LogP contribution in [0, 0.1) is 0 Å². The molecule has 0 bridgehead atoms. The summed E-state index contributed by atoms with van der Waals surface area (Å²) >= 11 is 0. The fraction of sp³-hybridized carbons (Fsp3) is 0.292. The van der Waals surface area contributed by atoms with Gasteiger partial charge in [0.15, 0.2) is 5.78 Å². The first-order chi connectivity index (χ1) is 12.2. The Morgan fingerprint density at radius 3 is 1.48 bits per heavy atom. The van der Waals surface area contributed by atoms with Crippen LogP contribution in [-0.2, 0) is 17.6 Å². The average molecular weight is 330 g/mol. The molecule has 0 amide bonds. The van der Waals surface area contributed by atoms with Crippen molar-refractivity contribution in [3.8, 4) is 0 Å². The van der Waals surface area contributed by atoms with Gasteiger partial charge in [0.1, 0.15) is 0 Å². The van der Waals surface area contributed by atoms with Crippen LogP contribution in [0.1, 0.15) is 55.4 Å². The third-order valence-electron chi connectivity index (χ3n) is 4.93. The zero-order valence-electron chi connectivity index (χ0n) is 15.2.